The number of alkyl halides is 1. The van der Waals surface area contributed by atoms with Gasteiger partial charge in [0.2, 0.25) is 6.54 Å². The highest BCUT2D eigenvalue weighted by atomic mass is 79.9. The quantitative estimate of drug-likeness (QED) is 0.191. The summed E-state index contributed by atoms with van der Waals surface area (Å²) < 4.78 is 0. The predicted molar refractivity (Wildman–Crippen MR) is 40.9 cm³/mol. The molecule has 0 aliphatic heterocycles. The number of hydroxylamine groups is 1. The van der Waals surface area contributed by atoms with Crippen molar-refractivity contribution in [3.63, 3.8) is 0 Å². The summed E-state index contributed by atoms with van der Waals surface area (Å²) in [6, 6.07) is 0. The third-order valence-corrected chi connectivity index (χ3v) is 1.43. The van der Waals surface area contributed by atoms with Crippen LogP contribution in [-0.2, 0) is 4.84 Å². The first-order chi connectivity index (χ1) is 5.24. The first-order valence-corrected chi connectivity index (χ1v) is 3.81. The second-order valence-corrected chi connectivity index (χ2v) is 2.14. The lowest BCUT2D eigenvalue weighted by Crippen LogP contribution is -2.16. The number of oxime groups is 1. The molecule has 6 nitrogen and oxygen atoms in total. The largest absolute Gasteiger partial charge is 0.597 e. The Morgan fingerprint density at radius 1 is 1.82 bits per heavy atom. The molecule has 0 atom stereocenters. The normalized spacial score (nSPS) is 13.3. The minimum Gasteiger partial charge on any atom is -0.597 e. The number of nitrogens with zero attached hydrogens (tertiary/aromatic N) is 3. The van der Waals surface area contributed by atoms with Gasteiger partial charge in [-0.25, -0.2) is 0 Å². The smallest absolute Gasteiger partial charge is 0.226 e. The molecule has 11 heavy (non-hydrogen) atoms. The van der Waals surface area contributed by atoms with Crippen molar-refractivity contribution in [3.05, 3.63) is 5.21 Å². The van der Waals surface area contributed by atoms with Gasteiger partial charge in [-0.15, -0.1) is 0 Å². The van der Waals surface area contributed by atoms with Gasteiger partial charge in [0.15, 0.2) is 5.28 Å². The van der Waals surface area contributed by atoms with Crippen LogP contribution in [0.4, 0.5) is 0 Å². The van der Waals surface area contributed by atoms with E-state index in [0.29, 0.717) is 5.33 Å². The predicted octanol–water partition coefficient (Wildman–Crippen LogP) is 0.735. The van der Waals surface area contributed by atoms with Crippen LogP contribution in [0.1, 0.15) is 0 Å². The fourth-order valence-corrected chi connectivity index (χ4v) is 0.666. The monoisotopic (exact) mass is 225 g/mol. The van der Waals surface area contributed by atoms with E-state index in [9.17, 15) is 5.21 Å². The molecule has 0 aliphatic carbocycles. The van der Waals surface area contributed by atoms with Crippen LogP contribution in [0.2, 0.25) is 0 Å². The van der Waals surface area contributed by atoms with Gasteiger partial charge in [0.1, 0.15) is 12.8 Å². The molecule has 0 bridgehead atoms. The zero-order valence-corrected chi connectivity index (χ0v) is 7.48. The lowest BCUT2D eigenvalue weighted by atomic mass is 10.4. The maximum absolute atomic E-state index is 10.6. The Balaban J connectivity index is 3.92. The van der Waals surface area contributed by atoms with Gasteiger partial charge in [-0.2, -0.15) is 0 Å². The molecule has 0 radical (unpaired) electrons. The Kier molecular flexibility index (Phi) is 5.44. The highest BCUT2D eigenvalue weighted by molar-refractivity contribution is 9.09. The molecular formula is C4H8BrN3O3. The molecule has 0 saturated carbocycles. The van der Waals surface area contributed by atoms with Crippen molar-refractivity contribution in [2.75, 3.05) is 19.0 Å². The minimum absolute atomic E-state index is 0.115. The highest BCUT2D eigenvalue weighted by Crippen LogP contribution is 1.88. The summed E-state index contributed by atoms with van der Waals surface area (Å²) in [7, 11) is 1.26. The molecule has 0 saturated heterocycles. The van der Waals surface area contributed by atoms with Gasteiger partial charge >= 0.3 is 0 Å². The Morgan fingerprint density at radius 3 is 2.82 bits per heavy atom. The van der Waals surface area contributed by atoms with Crippen molar-refractivity contribution >= 4 is 21.6 Å². The van der Waals surface area contributed by atoms with E-state index >= 15 is 0 Å². The SMILES string of the molecule is CO/N=[N+](\[O-])C/C(CBr)=N/O. The summed E-state index contributed by atoms with van der Waals surface area (Å²) >= 11 is 3.02. The molecule has 1 N–H and O–H groups in total. The minimum atomic E-state index is -0.115. The zero-order valence-electron chi connectivity index (χ0n) is 5.90. The molecule has 0 aromatic rings. The topological polar surface area (TPSA) is 80.2 Å². The first kappa shape index (κ1) is 10.2. The van der Waals surface area contributed by atoms with Crippen molar-refractivity contribution in [3.8, 4) is 0 Å². The van der Waals surface area contributed by atoms with Crippen LogP contribution >= 0.6 is 15.9 Å². The molecule has 0 fully saturated rings. The summed E-state index contributed by atoms with van der Waals surface area (Å²) in [5, 5.41) is 25.0. The van der Waals surface area contributed by atoms with Crippen LogP contribution in [0.25, 0.3) is 0 Å². The molecule has 64 valence electrons. The second-order valence-electron chi connectivity index (χ2n) is 1.57. The van der Waals surface area contributed by atoms with E-state index in [2.05, 4.69) is 31.2 Å². The van der Waals surface area contributed by atoms with Crippen molar-refractivity contribution < 1.29 is 14.9 Å². The molecule has 7 heteroatoms. The summed E-state index contributed by atoms with van der Waals surface area (Å²) in [6.07, 6.45) is 0. The van der Waals surface area contributed by atoms with Crippen molar-refractivity contribution in [2.45, 2.75) is 0 Å². The summed E-state index contributed by atoms with van der Waals surface area (Å²) in [6.45, 7) is -0.115. The standard InChI is InChI=1S/C4H8BrN3O3/c1-11-7-8(10)3-4(2-5)6-9/h9H,2-3H2,1H3/b6-4+,8-7-. The van der Waals surface area contributed by atoms with Crippen LogP contribution in [0.5, 0.6) is 0 Å². The second kappa shape index (κ2) is 5.90. The number of hydrogen-bond donors (Lipinski definition) is 1. The van der Waals surface area contributed by atoms with Crippen LogP contribution in [0, 0.1) is 5.21 Å². The molecular weight excluding hydrogens is 218 g/mol. The Hall–Kier alpha value is -0.850. The molecule has 0 aliphatic rings. The molecule has 0 rings (SSSR count). The fraction of sp³-hybridized carbons (Fsp3) is 0.750. The number of halogens is 1. The molecule has 0 aromatic carbocycles. The Morgan fingerprint density at radius 2 is 2.45 bits per heavy atom. The fourth-order valence-electron chi connectivity index (χ4n) is 0.377. The van der Waals surface area contributed by atoms with Gasteiger partial charge in [-0.3, -0.25) is 0 Å². The van der Waals surface area contributed by atoms with Gasteiger partial charge in [-0.05, 0) is 0 Å². The van der Waals surface area contributed by atoms with Gasteiger partial charge in [0.05, 0.1) is 5.33 Å². The molecule has 0 spiro atoms. The van der Waals surface area contributed by atoms with E-state index in [1.807, 2.05) is 0 Å². The highest BCUT2D eigenvalue weighted by Gasteiger charge is 2.04. The van der Waals surface area contributed by atoms with Gasteiger partial charge in [0.25, 0.3) is 0 Å². The van der Waals surface area contributed by atoms with Crippen molar-refractivity contribution in [2.24, 2.45) is 10.4 Å². The molecule has 0 aromatic heterocycles. The first-order valence-electron chi connectivity index (χ1n) is 2.69. The summed E-state index contributed by atoms with van der Waals surface area (Å²) in [5.41, 5.74) is 0.279. The van der Waals surface area contributed by atoms with Gasteiger partial charge < -0.3 is 15.3 Å². The average molecular weight is 226 g/mol. The van der Waals surface area contributed by atoms with E-state index in [-0.39, 0.29) is 17.1 Å². The molecule has 0 heterocycles. The van der Waals surface area contributed by atoms with E-state index in [1.165, 1.54) is 7.11 Å². The van der Waals surface area contributed by atoms with Gasteiger partial charge in [0, 0.05) is 0 Å². The lowest BCUT2D eigenvalue weighted by molar-refractivity contribution is -0.543. The lowest BCUT2D eigenvalue weighted by Gasteiger charge is -1.97. The van der Waals surface area contributed by atoms with E-state index in [4.69, 9.17) is 5.21 Å². The van der Waals surface area contributed by atoms with Crippen molar-refractivity contribution in [1.29, 1.82) is 0 Å². The van der Waals surface area contributed by atoms with E-state index in [1.54, 1.807) is 0 Å². The van der Waals surface area contributed by atoms with Crippen LogP contribution in [0.3, 0.4) is 0 Å². The van der Waals surface area contributed by atoms with E-state index in [0.717, 1.165) is 0 Å². The third-order valence-electron chi connectivity index (χ3n) is 0.786. The van der Waals surface area contributed by atoms with Crippen LogP contribution in [0.15, 0.2) is 10.4 Å². The van der Waals surface area contributed by atoms with E-state index < -0.39 is 0 Å². The average Bonchev–Trinajstić information content (AvgIpc) is 2.01. The Labute approximate surface area is 71.8 Å². The van der Waals surface area contributed by atoms with Crippen molar-refractivity contribution in [1.82, 2.24) is 0 Å². The Bertz CT molecular complexity index is 170. The van der Waals surface area contributed by atoms with Crippen LogP contribution in [-0.4, -0.2) is 34.8 Å². The molecule has 0 unspecified atom stereocenters. The maximum Gasteiger partial charge on any atom is 0.226 e. The number of rotatable bonds is 4. The zero-order chi connectivity index (χ0) is 8.69. The van der Waals surface area contributed by atoms with Gasteiger partial charge in [-0.1, -0.05) is 25.9 Å². The maximum atomic E-state index is 10.6. The summed E-state index contributed by atoms with van der Waals surface area (Å²) in [4.78, 5) is 4.45. The van der Waals surface area contributed by atoms with Crippen LogP contribution < -0.4 is 0 Å². The third kappa shape index (κ3) is 4.54. The summed E-state index contributed by atoms with van der Waals surface area (Å²) in [5.74, 6) is 0. The molecule has 0 amide bonds. The number of hydrogen-bond acceptors (Lipinski definition) is 5.